The monoisotopic (exact) mass is 266 g/mol. The molecule has 0 aliphatic heterocycles. The Labute approximate surface area is 78.0 Å². The molecule has 0 amide bonds. The summed E-state index contributed by atoms with van der Waals surface area (Å²) in [6.45, 7) is 1.99. The average molecular weight is 266 g/mol. The topological polar surface area (TPSA) is 25.8 Å². The molecule has 0 aliphatic carbocycles. The summed E-state index contributed by atoms with van der Waals surface area (Å²) >= 11 is 3.79. The Balaban J connectivity index is 3.04. The fourth-order valence-corrected chi connectivity index (χ4v) is 1.18. The van der Waals surface area contributed by atoms with Gasteiger partial charge in [0.2, 0.25) is 0 Å². The largest absolute Gasteiger partial charge is 0.230 e. The van der Waals surface area contributed by atoms with E-state index in [1.165, 1.54) is 0 Å². The van der Waals surface area contributed by atoms with Crippen LogP contribution in [-0.4, -0.2) is 16.2 Å². The zero-order valence-electron chi connectivity index (χ0n) is 5.76. The molecule has 0 aliphatic rings. The van der Waals surface area contributed by atoms with Gasteiger partial charge < -0.3 is 0 Å². The van der Waals surface area contributed by atoms with Gasteiger partial charge in [-0.05, 0) is 35.8 Å². The van der Waals surface area contributed by atoms with Gasteiger partial charge in [0.1, 0.15) is 0 Å². The molecule has 0 saturated heterocycles. The molecule has 0 fully saturated rings. The Bertz CT molecular complexity index is 239. The van der Waals surface area contributed by atoms with Gasteiger partial charge in [0.05, 0.1) is 9.26 Å². The van der Waals surface area contributed by atoms with Crippen molar-refractivity contribution >= 4 is 34.4 Å². The Kier molecular flexibility index (Phi) is 2.91. The Morgan fingerprint density at radius 2 is 2.30 bits per heavy atom. The number of halogens is 1. The van der Waals surface area contributed by atoms with Gasteiger partial charge in [-0.1, -0.05) is 11.8 Å². The zero-order valence-corrected chi connectivity index (χ0v) is 8.73. The van der Waals surface area contributed by atoms with Crippen LogP contribution in [0.1, 0.15) is 5.69 Å². The van der Waals surface area contributed by atoms with Crippen LogP contribution in [0.15, 0.2) is 11.4 Å². The standard InChI is InChI=1S/C6H7IN2S/c1-4-5(7)3-8-6(9-4)10-2/h3H,1-2H3. The van der Waals surface area contributed by atoms with Crippen LogP contribution >= 0.6 is 34.4 Å². The maximum atomic E-state index is 4.24. The molecule has 1 aromatic heterocycles. The van der Waals surface area contributed by atoms with Crippen LogP contribution in [0.5, 0.6) is 0 Å². The summed E-state index contributed by atoms with van der Waals surface area (Å²) in [6, 6.07) is 0. The summed E-state index contributed by atoms with van der Waals surface area (Å²) in [4.78, 5) is 8.34. The lowest BCUT2D eigenvalue weighted by atomic mass is 10.5. The molecule has 4 heteroatoms. The van der Waals surface area contributed by atoms with Crippen molar-refractivity contribution in [2.24, 2.45) is 0 Å². The van der Waals surface area contributed by atoms with E-state index in [0.29, 0.717) is 0 Å². The number of aryl methyl sites for hydroxylation is 1. The number of hydrogen-bond donors (Lipinski definition) is 0. The maximum absolute atomic E-state index is 4.24. The second kappa shape index (κ2) is 3.52. The summed E-state index contributed by atoms with van der Waals surface area (Å²) in [5.74, 6) is 0. The van der Waals surface area contributed by atoms with Gasteiger partial charge in [-0.2, -0.15) is 0 Å². The van der Waals surface area contributed by atoms with Gasteiger partial charge in [0.15, 0.2) is 5.16 Å². The summed E-state index contributed by atoms with van der Waals surface area (Å²) in [5, 5.41) is 0.845. The first-order valence-corrected chi connectivity index (χ1v) is 5.07. The average Bonchev–Trinajstić information content (AvgIpc) is 1.95. The van der Waals surface area contributed by atoms with Crippen molar-refractivity contribution < 1.29 is 0 Å². The third-order valence-corrected chi connectivity index (χ3v) is 2.70. The minimum absolute atomic E-state index is 0.845. The molecule has 0 radical (unpaired) electrons. The van der Waals surface area contributed by atoms with E-state index in [-0.39, 0.29) is 0 Å². The molecule has 0 unspecified atom stereocenters. The number of thioether (sulfide) groups is 1. The summed E-state index contributed by atoms with van der Waals surface area (Å²) < 4.78 is 1.12. The van der Waals surface area contributed by atoms with Crippen LogP contribution in [0.4, 0.5) is 0 Å². The minimum atomic E-state index is 0.845. The SMILES string of the molecule is CSc1ncc(I)c(C)n1. The second-order valence-electron chi connectivity index (χ2n) is 1.79. The van der Waals surface area contributed by atoms with Gasteiger partial charge >= 0.3 is 0 Å². The quantitative estimate of drug-likeness (QED) is 0.442. The fraction of sp³-hybridized carbons (Fsp3) is 0.333. The molecular formula is C6H7IN2S. The normalized spacial score (nSPS) is 9.90. The first kappa shape index (κ1) is 8.26. The highest BCUT2D eigenvalue weighted by molar-refractivity contribution is 14.1. The van der Waals surface area contributed by atoms with E-state index in [9.17, 15) is 0 Å². The van der Waals surface area contributed by atoms with Crippen LogP contribution in [0.3, 0.4) is 0 Å². The third-order valence-electron chi connectivity index (χ3n) is 1.08. The first-order chi connectivity index (χ1) is 4.74. The van der Waals surface area contributed by atoms with E-state index in [4.69, 9.17) is 0 Å². The Hall–Kier alpha value is 0.160. The van der Waals surface area contributed by atoms with Crippen LogP contribution in [0.25, 0.3) is 0 Å². The predicted octanol–water partition coefficient (Wildman–Crippen LogP) is 2.11. The molecule has 0 atom stereocenters. The van der Waals surface area contributed by atoms with Gasteiger partial charge in [-0.3, -0.25) is 0 Å². The van der Waals surface area contributed by atoms with Crippen LogP contribution < -0.4 is 0 Å². The van der Waals surface area contributed by atoms with Crippen LogP contribution in [-0.2, 0) is 0 Å². The third kappa shape index (κ3) is 1.82. The zero-order chi connectivity index (χ0) is 7.56. The van der Waals surface area contributed by atoms with Crippen molar-refractivity contribution in [1.82, 2.24) is 9.97 Å². The van der Waals surface area contributed by atoms with Crippen molar-refractivity contribution in [3.05, 3.63) is 15.5 Å². The number of aromatic nitrogens is 2. The van der Waals surface area contributed by atoms with Gasteiger partial charge in [-0.25, -0.2) is 9.97 Å². The van der Waals surface area contributed by atoms with E-state index in [2.05, 4.69) is 32.6 Å². The highest BCUT2D eigenvalue weighted by atomic mass is 127. The molecule has 54 valence electrons. The van der Waals surface area contributed by atoms with Gasteiger partial charge in [-0.15, -0.1) is 0 Å². The molecule has 1 aromatic rings. The minimum Gasteiger partial charge on any atom is -0.230 e. The molecule has 0 saturated carbocycles. The lowest BCUT2D eigenvalue weighted by Gasteiger charge is -1.97. The van der Waals surface area contributed by atoms with Gasteiger partial charge in [0.25, 0.3) is 0 Å². The number of nitrogens with zero attached hydrogens (tertiary/aromatic N) is 2. The summed E-state index contributed by atoms with van der Waals surface area (Å²) in [5.41, 5.74) is 1.06. The van der Waals surface area contributed by atoms with Crippen molar-refractivity contribution in [3.8, 4) is 0 Å². The lowest BCUT2D eigenvalue weighted by Crippen LogP contribution is -1.91. The molecule has 10 heavy (non-hydrogen) atoms. The van der Waals surface area contributed by atoms with E-state index in [1.807, 2.05) is 19.4 Å². The van der Waals surface area contributed by atoms with Crippen molar-refractivity contribution in [2.75, 3.05) is 6.26 Å². The molecule has 0 bridgehead atoms. The van der Waals surface area contributed by atoms with Crippen molar-refractivity contribution in [2.45, 2.75) is 12.1 Å². The van der Waals surface area contributed by atoms with Crippen molar-refractivity contribution in [3.63, 3.8) is 0 Å². The molecule has 0 aromatic carbocycles. The highest BCUT2D eigenvalue weighted by Gasteiger charge is 1.97. The Morgan fingerprint density at radius 1 is 1.60 bits per heavy atom. The molecular weight excluding hydrogens is 259 g/mol. The lowest BCUT2D eigenvalue weighted by molar-refractivity contribution is 0.923. The first-order valence-electron chi connectivity index (χ1n) is 2.77. The second-order valence-corrected chi connectivity index (χ2v) is 3.73. The number of hydrogen-bond acceptors (Lipinski definition) is 3. The van der Waals surface area contributed by atoms with E-state index in [0.717, 1.165) is 14.4 Å². The molecule has 2 nitrogen and oxygen atoms in total. The molecule has 0 spiro atoms. The molecule has 0 N–H and O–H groups in total. The molecule has 1 heterocycles. The number of rotatable bonds is 1. The van der Waals surface area contributed by atoms with E-state index >= 15 is 0 Å². The summed E-state index contributed by atoms with van der Waals surface area (Å²) in [6.07, 6.45) is 3.82. The fourth-order valence-electron chi connectivity index (χ4n) is 0.529. The highest BCUT2D eigenvalue weighted by Crippen LogP contribution is 2.12. The maximum Gasteiger partial charge on any atom is 0.187 e. The van der Waals surface area contributed by atoms with Crippen LogP contribution in [0, 0.1) is 10.5 Å². The van der Waals surface area contributed by atoms with Crippen LogP contribution in [0.2, 0.25) is 0 Å². The van der Waals surface area contributed by atoms with E-state index < -0.39 is 0 Å². The van der Waals surface area contributed by atoms with E-state index in [1.54, 1.807) is 11.8 Å². The predicted molar refractivity (Wildman–Crippen MR) is 51.3 cm³/mol. The molecule has 1 rings (SSSR count). The smallest absolute Gasteiger partial charge is 0.187 e. The summed E-state index contributed by atoms with van der Waals surface area (Å²) in [7, 11) is 0. The van der Waals surface area contributed by atoms with Crippen molar-refractivity contribution in [1.29, 1.82) is 0 Å². The van der Waals surface area contributed by atoms with Gasteiger partial charge in [0, 0.05) is 6.20 Å². The Morgan fingerprint density at radius 3 is 2.80 bits per heavy atom.